The van der Waals surface area contributed by atoms with E-state index in [1.165, 1.54) is 16.5 Å². The highest BCUT2D eigenvalue weighted by Crippen LogP contribution is 2.21. The van der Waals surface area contributed by atoms with E-state index in [1.54, 1.807) is 7.11 Å². The number of hydrogen-bond acceptors (Lipinski definition) is 2. The summed E-state index contributed by atoms with van der Waals surface area (Å²) in [6.45, 7) is 3.85. The number of nitrogens with two attached hydrogens (primary N) is 1. The first kappa shape index (κ1) is 13.1. The summed E-state index contributed by atoms with van der Waals surface area (Å²) in [5.41, 5.74) is 8.59. The van der Waals surface area contributed by atoms with Crippen LogP contribution in [0, 0.1) is 0 Å². The Hall–Kier alpha value is -1.32. The smallest absolute Gasteiger partial charge is 0.0513 e. The lowest BCUT2D eigenvalue weighted by Crippen LogP contribution is -2.18. The SMILES string of the molecule is COCCCn1ccc2cccc(CC(C)N)c21. The number of nitrogens with zero attached hydrogens (tertiary/aromatic N) is 1. The average Bonchev–Trinajstić information content (AvgIpc) is 2.73. The molecule has 0 saturated carbocycles. The van der Waals surface area contributed by atoms with Gasteiger partial charge in [0.05, 0.1) is 5.52 Å². The normalized spacial score (nSPS) is 13.1. The Balaban J connectivity index is 2.29. The molecule has 3 heteroatoms. The standard InChI is InChI=1S/C15H22N2O/c1-12(16)11-14-6-3-5-13-7-9-17(15(13)14)8-4-10-18-2/h3,5-7,9,12H,4,8,10-11,16H2,1-2H3. The van der Waals surface area contributed by atoms with Crippen molar-refractivity contribution in [1.82, 2.24) is 4.57 Å². The quantitative estimate of drug-likeness (QED) is 0.796. The number of benzene rings is 1. The van der Waals surface area contributed by atoms with E-state index < -0.39 is 0 Å². The van der Waals surface area contributed by atoms with E-state index in [1.807, 2.05) is 0 Å². The molecular weight excluding hydrogens is 224 g/mol. The number of hydrogen-bond donors (Lipinski definition) is 1. The topological polar surface area (TPSA) is 40.2 Å². The fraction of sp³-hybridized carbons (Fsp3) is 0.467. The second-order valence-corrected chi connectivity index (χ2v) is 4.89. The van der Waals surface area contributed by atoms with Crippen molar-refractivity contribution < 1.29 is 4.74 Å². The molecule has 0 aliphatic rings. The Bertz CT molecular complexity index is 502. The lowest BCUT2D eigenvalue weighted by Gasteiger charge is -2.11. The van der Waals surface area contributed by atoms with Gasteiger partial charge in [0.15, 0.2) is 0 Å². The summed E-state index contributed by atoms with van der Waals surface area (Å²) in [5, 5.41) is 1.30. The number of para-hydroxylation sites is 1. The monoisotopic (exact) mass is 246 g/mol. The van der Waals surface area contributed by atoms with Crippen molar-refractivity contribution in [2.45, 2.75) is 32.4 Å². The first-order chi connectivity index (χ1) is 8.72. The van der Waals surface area contributed by atoms with Crippen LogP contribution in [0.4, 0.5) is 0 Å². The van der Waals surface area contributed by atoms with Crippen molar-refractivity contribution in [1.29, 1.82) is 0 Å². The van der Waals surface area contributed by atoms with Gasteiger partial charge >= 0.3 is 0 Å². The van der Waals surface area contributed by atoms with Gasteiger partial charge in [0, 0.05) is 32.5 Å². The summed E-state index contributed by atoms with van der Waals surface area (Å²) in [7, 11) is 1.75. The van der Waals surface area contributed by atoms with Gasteiger partial charge in [-0.25, -0.2) is 0 Å². The van der Waals surface area contributed by atoms with Crippen molar-refractivity contribution in [3.8, 4) is 0 Å². The minimum atomic E-state index is 0.193. The lowest BCUT2D eigenvalue weighted by atomic mass is 10.0. The number of rotatable bonds is 6. The molecule has 1 aromatic heterocycles. The lowest BCUT2D eigenvalue weighted by molar-refractivity contribution is 0.190. The van der Waals surface area contributed by atoms with Gasteiger partial charge in [-0.15, -0.1) is 0 Å². The predicted octanol–water partition coefficient (Wildman–Crippen LogP) is 2.57. The average molecular weight is 246 g/mol. The van der Waals surface area contributed by atoms with Crippen LogP contribution in [0.15, 0.2) is 30.5 Å². The maximum Gasteiger partial charge on any atom is 0.0513 e. The zero-order valence-corrected chi connectivity index (χ0v) is 11.2. The first-order valence-electron chi connectivity index (χ1n) is 6.53. The number of aryl methyl sites for hydroxylation is 1. The van der Waals surface area contributed by atoms with E-state index in [2.05, 4.69) is 42.0 Å². The Morgan fingerprint density at radius 1 is 1.33 bits per heavy atom. The molecule has 0 fully saturated rings. The molecule has 1 heterocycles. The van der Waals surface area contributed by atoms with Gasteiger partial charge in [-0.3, -0.25) is 0 Å². The van der Waals surface area contributed by atoms with Crippen LogP contribution in [-0.4, -0.2) is 24.3 Å². The molecule has 1 unspecified atom stereocenters. The van der Waals surface area contributed by atoms with Crippen molar-refractivity contribution in [3.63, 3.8) is 0 Å². The fourth-order valence-corrected chi connectivity index (χ4v) is 2.42. The molecular formula is C15H22N2O. The summed E-state index contributed by atoms with van der Waals surface area (Å²) in [6.07, 6.45) is 4.11. The summed E-state index contributed by atoms with van der Waals surface area (Å²) < 4.78 is 7.43. The highest BCUT2D eigenvalue weighted by atomic mass is 16.5. The van der Waals surface area contributed by atoms with E-state index in [0.717, 1.165) is 26.0 Å². The Morgan fingerprint density at radius 3 is 2.89 bits per heavy atom. The van der Waals surface area contributed by atoms with Crippen molar-refractivity contribution >= 4 is 10.9 Å². The molecule has 0 bridgehead atoms. The Labute approximate surface area is 109 Å². The maximum atomic E-state index is 5.93. The van der Waals surface area contributed by atoms with Crippen molar-refractivity contribution in [2.24, 2.45) is 5.73 Å². The van der Waals surface area contributed by atoms with Gasteiger partial charge in [-0.2, -0.15) is 0 Å². The van der Waals surface area contributed by atoms with Gasteiger partial charge < -0.3 is 15.0 Å². The third-order valence-electron chi connectivity index (χ3n) is 3.16. The third kappa shape index (κ3) is 2.92. The molecule has 0 saturated heterocycles. The zero-order chi connectivity index (χ0) is 13.0. The van der Waals surface area contributed by atoms with Crippen LogP contribution in [0.25, 0.3) is 10.9 Å². The van der Waals surface area contributed by atoms with E-state index in [9.17, 15) is 0 Å². The molecule has 2 N–H and O–H groups in total. The van der Waals surface area contributed by atoms with Crippen LogP contribution in [0.2, 0.25) is 0 Å². The molecule has 1 aromatic carbocycles. The molecule has 0 spiro atoms. The molecule has 0 aliphatic heterocycles. The van der Waals surface area contributed by atoms with E-state index >= 15 is 0 Å². The number of ether oxygens (including phenoxy) is 1. The highest BCUT2D eigenvalue weighted by Gasteiger charge is 2.07. The van der Waals surface area contributed by atoms with Gasteiger partial charge in [0.25, 0.3) is 0 Å². The van der Waals surface area contributed by atoms with Crippen LogP contribution >= 0.6 is 0 Å². The summed E-state index contributed by atoms with van der Waals surface area (Å²) in [6, 6.07) is 8.82. The van der Waals surface area contributed by atoms with Crippen LogP contribution in [0.3, 0.4) is 0 Å². The number of aromatic nitrogens is 1. The first-order valence-corrected chi connectivity index (χ1v) is 6.53. The van der Waals surface area contributed by atoms with E-state index in [0.29, 0.717) is 0 Å². The largest absolute Gasteiger partial charge is 0.385 e. The molecule has 0 amide bonds. The molecule has 2 rings (SSSR count). The molecule has 1 atom stereocenters. The molecule has 2 aromatic rings. The highest BCUT2D eigenvalue weighted by molar-refractivity contribution is 5.83. The Kier molecular flexibility index (Phi) is 4.39. The molecule has 18 heavy (non-hydrogen) atoms. The summed E-state index contributed by atoms with van der Waals surface area (Å²) >= 11 is 0. The van der Waals surface area contributed by atoms with Crippen molar-refractivity contribution in [2.75, 3.05) is 13.7 Å². The van der Waals surface area contributed by atoms with Gasteiger partial charge in [-0.05, 0) is 36.8 Å². The molecule has 0 radical (unpaired) electrons. The van der Waals surface area contributed by atoms with Crippen LogP contribution in [-0.2, 0) is 17.7 Å². The number of fused-ring (bicyclic) bond motifs is 1. The maximum absolute atomic E-state index is 5.93. The predicted molar refractivity (Wildman–Crippen MR) is 75.8 cm³/mol. The second kappa shape index (κ2) is 6.03. The van der Waals surface area contributed by atoms with Crippen LogP contribution in [0.5, 0.6) is 0 Å². The van der Waals surface area contributed by atoms with Crippen LogP contribution in [0.1, 0.15) is 18.9 Å². The number of methoxy groups -OCH3 is 1. The van der Waals surface area contributed by atoms with Gasteiger partial charge in [0.2, 0.25) is 0 Å². The minimum absolute atomic E-state index is 0.193. The molecule has 3 nitrogen and oxygen atoms in total. The van der Waals surface area contributed by atoms with Gasteiger partial charge in [0.1, 0.15) is 0 Å². The zero-order valence-electron chi connectivity index (χ0n) is 11.2. The van der Waals surface area contributed by atoms with E-state index in [4.69, 9.17) is 10.5 Å². The molecule has 98 valence electrons. The van der Waals surface area contributed by atoms with E-state index in [-0.39, 0.29) is 6.04 Å². The Morgan fingerprint density at radius 2 is 2.17 bits per heavy atom. The summed E-state index contributed by atoms with van der Waals surface area (Å²) in [4.78, 5) is 0. The third-order valence-corrected chi connectivity index (χ3v) is 3.16. The fourth-order valence-electron chi connectivity index (χ4n) is 2.42. The van der Waals surface area contributed by atoms with Gasteiger partial charge in [-0.1, -0.05) is 18.2 Å². The van der Waals surface area contributed by atoms with Crippen molar-refractivity contribution in [3.05, 3.63) is 36.0 Å². The molecule has 0 aliphatic carbocycles. The summed E-state index contributed by atoms with van der Waals surface area (Å²) in [5.74, 6) is 0. The van der Waals surface area contributed by atoms with Crippen LogP contribution < -0.4 is 5.73 Å². The minimum Gasteiger partial charge on any atom is -0.385 e. The second-order valence-electron chi connectivity index (χ2n) is 4.89.